The number of halogens is 1. The largest absolute Gasteiger partial charge is 0.545 e. The molecule has 15 heavy (non-hydrogen) atoms. The summed E-state index contributed by atoms with van der Waals surface area (Å²) < 4.78 is 5.01. The standard InChI is InChI=1S/C11H11BrO3/c1-15-10(6-11(13)14)9-5-3-2-4-8(9)7-12/h2-6H,7H2,1H3,(H,13,14)/p-1/b10-6+. The molecule has 4 heteroatoms. The molecular formula is C11H10BrO3-. The van der Waals surface area contributed by atoms with E-state index in [4.69, 9.17) is 4.74 Å². The summed E-state index contributed by atoms with van der Waals surface area (Å²) in [6, 6.07) is 7.40. The molecular weight excluding hydrogens is 260 g/mol. The molecule has 0 bridgehead atoms. The van der Waals surface area contributed by atoms with Crippen molar-refractivity contribution in [3.05, 3.63) is 41.5 Å². The number of hydrogen-bond acceptors (Lipinski definition) is 3. The van der Waals surface area contributed by atoms with E-state index in [2.05, 4.69) is 15.9 Å². The van der Waals surface area contributed by atoms with Gasteiger partial charge in [0.15, 0.2) is 0 Å². The van der Waals surface area contributed by atoms with Crippen LogP contribution in [0.3, 0.4) is 0 Å². The average Bonchev–Trinajstić information content (AvgIpc) is 2.25. The molecule has 0 spiro atoms. The summed E-state index contributed by atoms with van der Waals surface area (Å²) >= 11 is 3.33. The molecule has 1 rings (SSSR count). The monoisotopic (exact) mass is 269 g/mol. The van der Waals surface area contributed by atoms with Crippen molar-refractivity contribution in [2.75, 3.05) is 7.11 Å². The van der Waals surface area contributed by atoms with E-state index in [1.807, 2.05) is 18.2 Å². The van der Waals surface area contributed by atoms with Gasteiger partial charge in [0.05, 0.1) is 13.1 Å². The van der Waals surface area contributed by atoms with E-state index in [0.717, 1.165) is 17.2 Å². The number of alkyl halides is 1. The molecule has 0 aliphatic rings. The number of carboxylic acid groups (broad SMARTS) is 1. The van der Waals surface area contributed by atoms with Crippen LogP contribution in [0.25, 0.3) is 5.76 Å². The first-order valence-electron chi connectivity index (χ1n) is 4.30. The lowest BCUT2D eigenvalue weighted by Gasteiger charge is -2.10. The lowest BCUT2D eigenvalue weighted by molar-refractivity contribution is -0.297. The Morgan fingerprint density at radius 2 is 2.20 bits per heavy atom. The molecule has 0 N–H and O–H groups in total. The third-order valence-electron chi connectivity index (χ3n) is 1.90. The minimum Gasteiger partial charge on any atom is -0.545 e. The van der Waals surface area contributed by atoms with Crippen LogP contribution in [0, 0.1) is 0 Å². The number of benzene rings is 1. The minimum absolute atomic E-state index is 0.296. The fraction of sp³-hybridized carbons (Fsp3) is 0.182. The Kier molecular flexibility index (Phi) is 4.37. The van der Waals surface area contributed by atoms with Gasteiger partial charge in [-0.05, 0) is 5.56 Å². The van der Waals surface area contributed by atoms with Gasteiger partial charge in [-0.3, -0.25) is 0 Å². The second-order valence-electron chi connectivity index (χ2n) is 2.82. The molecule has 80 valence electrons. The van der Waals surface area contributed by atoms with Crippen LogP contribution in [0.4, 0.5) is 0 Å². The molecule has 0 fully saturated rings. The summed E-state index contributed by atoms with van der Waals surface area (Å²) in [7, 11) is 1.43. The fourth-order valence-electron chi connectivity index (χ4n) is 1.23. The number of hydrogen-bond donors (Lipinski definition) is 0. The van der Waals surface area contributed by atoms with Crippen LogP contribution in [0.15, 0.2) is 30.3 Å². The van der Waals surface area contributed by atoms with Crippen molar-refractivity contribution in [3.63, 3.8) is 0 Å². The zero-order valence-electron chi connectivity index (χ0n) is 8.20. The van der Waals surface area contributed by atoms with Gasteiger partial charge >= 0.3 is 0 Å². The maximum Gasteiger partial charge on any atom is 0.128 e. The molecule has 0 saturated carbocycles. The first-order chi connectivity index (χ1) is 7.19. The van der Waals surface area contributed by atoms with Gasteiger partial charge in [-0.2, -0.15) is 0 Å². The highest BCUT2D eigenvalue weighted by molar-refractivity contribution is 9.08. The summed E-state index contributed by atoms with van der Waals surface area (Å²) in [6.45, 7) is 0. The van der Waals surface area contributed by atoms with Crippen LogP contribution >= 0.6 is 15.9 Å². The van der Waals surface area contributed by atoms with Gasteiger partial charge in [0.25, 0.3) is 0 Å². The van der Waals surface area contributed by atoms with Crippen LogP contribution < -0.4 is 5.11 Å². The average molecular weight is 270 g/mol. The van der Waals surface area contributed by atoms with E-state index in [9.17, 15) is 9.90 Å². The summed E-state index contributed by atoms with van der Waals surface area (Å²) in [5.74, 6) is -0.971. The molecule has 1 aromatic rings. The molecule has 0 atom stereocenters. The summed E-state index contributed by atoms with van der Waals surface area (Å²) in [5, 5.41) is 11.1. The topological polar surface area (TPSA) is 49.4 Å². The summed E-state index contributed by atoms with van der Waals surface area (Å²) in [4.78, 5) is 10.5. The second-order valence-corrected chi connectivity index (χ2v) is 3.38. The van der Waals surface area contributed by atoms with Crippen LogP contribution in [0.1, 0.15) is 11.1 Å². The Balaban J connectivity index is 3.17. The molecule has 1 aromatic carbocycles. The van der Waals surface area contributed by atoms with Crippen LogP contribution in [0.2, 0.25) is 0 Å². The predicted octanol–water partition coefficient (Wildman–Crippen LogP) is 1.32. The van der Waals surface area contributed by atoms with E-state index in [1.165, 1.54) is 7.11 Å². The smallest absolute Gasteiger partial charge is 0.128 e. The number of carboxylic acids is 1. The van der Waals surface area contributed by atoms with Crippen molar-refractivity contribution in [1.82, 2.24) is 0 Å². The van der Waals surface area contributed by atoms with Gasteiger partial charge in [0, 0.05) is 17.0 Å². The van der Waals surface area contributed by atoms with Gasteiger partial charge in [0.2, 0.25) is 0 Å². The molecule has 0 radical (unpaired) electrons. The number of carbonyl (C=O) groups excluding carboxylic acids is 1. The predicted molar refractivity (Wildman–Crippen MR) is 59.1 cm³/mol. The van der Waals surface area contributed by atoms with E-state index >= 15 is 0 Å². The van der Waals surface area contributed by atoms with Gasteiger partial charge in [-0.25, -0.2) is 0 Å². The van der Waals surface area contributed by atoms with E-state index in [-0.39, 0.29) is 0 Å². The Hall–Kier alpha value is -1.29. The van der Waals surface area contributed by atoms with Crippen molar-refractivity contribution in [2.45, 2.75) is 5.33 Å². The normalized spacial score (nSPS) is 11.2. The van der Waals surface area contributed by atoms with Crippen molar-refractivity contribution in [2.24, 2.45) is 0 Å². The number of carbonyl (C=O) groups is 1. The SMILES string of the molecule is CO/C(=C/C(=O)[O-])c1ccccc1CBr. The van der Waals surface area contributed by atoms with E-state index in [0.29, 0.717) is 11.1 Å². The molecule has 0 amide bonds. The first kappa shape index (κ1) is 11.8. The Morgan fingerprint density at radius 3 is 2.73 bits per heavy atom. The number of methoxy groups -OCH3 is 1. The third-order valence-corrected chi connectivity index (χ3v) is 2.50. The minimum atomic E-state index is -1.27. The van der Waals surface area contributed by atoms with Crippen molar-refractivity contribution < 1.29 is 14.6 Å². The van der Waals surface area contributed by atoms with Gasteiger partial charge in [-0.1, -0.05) is 40.2 Å². The molecule has 0 aliphatic heterocycles. The summed E-state index contributed by atoms with van der Waals surface area (Å²) in [6.07, 6.45) is 0.946. The number of ether oxygens (including phenoxy) is 1. The molecule has 0 saturated heterocycles. The lowest BCUT2D eigenvalue weighted by Crippen LogP contribution is -2.19. The van der Waals surface area contributed by atoms with Crippen molar-refractivity contribution in [1.29, 1.82) is 0 Å². The van der Waals surface area contributed by atoms with E-state index < -0.39 is 5.97 Å². The first-order valence-corrected chi connectivity index (χ1v) is 5.42. The van der Waals surface area contributed by atoms with Gasteiger partial charge < -0.3 is 14.6 Å². The molecule has 0 unspecified atom stereocenters. The Labute approximate surface area is 96.5 Å². The van der Waals surface area contributed by atoms with Gasteiger partial charge in [0.1, 0.15) is 5.76 Å². The van der Waals surface area contributed by atoms with Gasteiger partial charge in [-0.15, -0.1) is 0 Å². The molecule has 3 nitrogen and oxygen atoms in total. The van der Waals surface area contributed by atoms with Crippen molar-refractivity contribution >= 4 is 27.7 Å². The zero-order valence-corrected chi connectivity index (χ0v) is 9.78. The third kappa shape index (κ3) is 3.09. The fourth-order valence-corrected chi connectivity index (χ4v) is 1.72. The molecule has 0 aliphatic carbocycles. The maximum atomic E-state index is 10.5. The zero-order chi connectivity index (χ0) is 11.3. The van der Waals surface area contributed by atoms with Crippen LogP contribution in [-0.2, 0) is 14.9 Å². The number of rotatable bonds is 4. The summed E-state index contributed by atoms with van der Waals surface area (Å²) in [5.41, 5.74) is 1.72. The van der Waals surface area contributed by atoms with Crippen molar-refractivity contribution in [3.8, 4) is 0 Å². The van der Waals surface area contributed by atoms with E-state index in [1.54, 1.807) is 6.07 Å². The highest BCUT2D eigenvalue weighted by Gasteiger charge is 2.06. The highest BCUT2D eigenvalue weighted by atomic mass is 79.9. The quantitative estimate of drug-likeness (QED) is 0.471. The Bertz CT molecular complexity index is 385. The molecule has 0 aromatic heterocycles. The van der Waals surface area contributed by atoms with Crippen LogP contribution in [0.5, 0.6) is 0 Å². The highest BCUT2D eigenvalue weighted by Crippen LogP contribution is 2.21. The molecule has 0 heterocycles. The number of aliphatic carboxylic acids is 1. The Morgan fingerprint density at radius 1 is 1.53 bits per heavy atom. The van der Waals surface area contributed by atoms with Crippen LogP contribution in [-0.4, -0.2) is 13.1 Å². The lowest BCUT2D eigenvalue weighted by atomic mass is 10.1. The second kappa shape index (κ2) is 5.56. The maximum absolute atomic E-state index is 10.5.